The first-order valence-electron chi connectivity index (χ1n) is 3.06. The minimum atomic E-state index is -2.33. The molecule has 0 unspecified atom stereocenters. The molecule has 0 saturated heterocycles. The van der Waals surface area contributed by atoms with Crippen LogP contribution in [0, 0.1) is 0 Å². The first kappa shape index (κ1) is 57.1. The number of carboxylic acid groups (broad SMARTS) is 10. The first-order valence-corrected chi connectivity index (χ1v) is 3.06. The Morgan fingerprint density at radius 3 is 0.333 bits per heavy atom. The van der Waals surface area contributed by atoms with Crippen LogP contribution < -0.4 is 51.1 Å². The Balaban J connectivity index is -0.0000000161. The Labute approximate surface area is 174 Å². The number of carbonyl (C=O) groups excluding carboxylic acids is 5. The molecular formula is C5Al2Cu2O15. The standard InChI is InChI=1S/5CH2O3.2Al.2Cu/c5*2-1(3)4;;;;/h5*(H2,2,3,4);;;;/q;;;;;2*+3;2*+2/p-10. The van der Waals surface area contributed by atoms with Crippen LogP contribution in [-0.4, -0.2) is 65.5 Å². The molecule has 0 heterocycles. The monoisotopic (exact) mass is 480 g/mol. The predicted molar refractivity (Wildman–Crippen MR) is 38.5 cm³/mol. The van der Waals surface area contributed by atoms with Gasteiger partial charge in [0.25, 0.3) is 0 Å². The average molecular weight is 481 g/mol. The van der Waals surface area contributed by atoms with Crippen LogP contribution in [0.1, 0.15) is 0 Å². The molecule has 0 spiro atoms. The van der Waals surface area contributed by atoms with Crippen LogP contribution in [-0.2, 0) is 34.1 Å². The second-order valence-electron chi connectivity index (χ2n) is 1.25. The van der Waals surface area contributed by atoms with E-state index in [0.717, 1.165) is 0 Å². The van der Waals surface area contributed by atoms with Crippen molar-refractivity contribution in [3.05, 3.63) is 0 Å². The molecule has 0 rings (SSSR count). The molecule has 19 heteroatoms. The van der Waals surface area contributed by atoms with Gasteiger partial charge in [-0.2, -0.15) is 0 Å². The molecule has 0 aliphatic carbocycles. The van der Waals surface area contributed by atoms with Crippen molar-refractivity contribution in [3.63, 3.8) is 0 Å². The largest absolute Gasteiger partial charge is 3.00 e. The molecular weight excluding hydrogens is 481 g/mol. The van der Waals surface area contributed by atoms with Crippen molar-refractivity contribution in [2.24, 2.45) is 0 Å². The molecule has 0 saturated carbocycles. The van der Waals surface area contributed by atoms with Crippen molar-refractivity contribution in [2.45, 2.75) is 0 Å². The fourth-order valence-corrected chi connectivity index (χ4v) is 0. The van der Waals surface area contributed by atoms with E-state index in [1.165, 1.54) is 0 Å². The third-order valence-corrected chi connectivity index (χ3v) is 0. The van der Waals surface area contributed by atoms with E-state index >= 15 is 0 Å². The Morgan fingerprint density at radius 1 is 0.333 bits per heavy atom. The summed E-state index contributed by atoms with van der Waals surface area (Å²) < 4.78 is 0. The van der Waals surface area contributed by atoms with Crippen molar-refractivity contribution in [2.75, 3.05) is 0 Å². The van der Waals surface area contributed by atoms with Crippen molar-refractivity contribution >= 4 is 65.5 Å². The van der Waals surface area contributed by atoms with E-state index in [9.17, 15) is 0 Å². The topological polar surface area (TPSA) is 316 Å². The van der Waals surface area contributed by atoms with Crippen LogP contribution in [0.3, 0.4) is 0 Å². The van der Waals surface area contributed by atoms with Crippen LogP contribution in [0.2, 0.25) is 0 Å². The van der Waals surface area contributed by atoms with Crippen LogP contribution >= 0.6 is 0 Å². The summed E-state index contributed by atoms with van der Waals surface area (Å²) in [4.78, 5) is 41.7. The second-order valence-corrected chi connectivity index (χ2v) is 1.25. The van der Waals surface area contributed by atoms with Crippen LogP contribution in [0.25, 0.3) is 0 Å². The molecule has 0 aliphatic heterocycles. The second kappa shape index (κ2) is 49.6. The molecule has 0 aromatic rings. The van der Waals surface area contributed by atoms with Crippen LogP contribution in [0.5, 0.6) is 0 Å². The van der Waals surface area contributed by atoms with E-state index in [-0.39, 0.29) is 68.9 Å². The minimum absolute atomic E-state index is 0. The van der Waals surface area contributed by atoms with Gasteiger partial charge in [0.15, 0.2) is 0 Å². The molecule has 0 amide bonds. The summed E-state index contributed by atoms with van der Waals surface area (Å²) in [5, 5.41) is 83.3. The van der Waals surface area contributed by atoms with Crippen LogP contribution in [0.15, 0.2) is 0 Å². The zero-order chi connectivity index (χ0) is 17.9. The Kier molecular flexibility index (Phi) is 118. The summed E-state index contributed by atoms with van der Waals surface area (Å²) in [5.41, 5.74) is 0. The van der Waals surface area contributed by atoms with Gasteiger partial charge in [-0.25, -0.2) is 0 Å². The quantitative estimate of drug-likeness (QED) is 0.290. The fourth-order valence-electron chi connectivity index (χ4n) is 0. The zero-order valence-corrected chi connectivity index (χ0v) is 14.6. The summed E-state index contributed by atoms with van der Waals surface area (Å²) in [6.07, 6.45) is -11.7. The first-order chi connectivity index (χ1) is 8.66. The zero-order valence-electron chi connectivity index (χ0n) is 10.4. The van der Waals surface area contributed by atoms with Gasteiger partial charge >= 0.3 is 68.9 Å². The van der Waals surface area contributed by atoms with Crippen molar-refractivity contribution < 1.29 is 109 Å². The SMILES string of the molecule is O=C([O-])[O-].O=C([O-])[O-].O=C([O-])[O-].O=C([O-])[O-].O=C([O-])[O-].[Al+3].[Al+3].[Cu+2].[Cu+2]. The molecule has 0 N–H and O–H groups in total. The smallest absolute Gasteiger partial charge is 0.652 e. The van der Waals surface area contributed by atoms with Crippen molar-refractivity contribution in [1.29, 1.82) is 0 Å². The van der Waals surface area contributed by atoms with E-state index in [4.69, 9.17) is 75.0 Å². The molecule has 15 nitrogen and oxygen atoms in total. The molecule has 0 atom stereocenters. The summed E-state index contributed by atoms with van der Waals surface area (Å²) in [6, 6.07) is 0. The molecule has 2 radical (unpaired) electrons. The summed E-state index contributed by atoms with van der Waals surface area (Å²) in [5.74, 6) is 0. The van der Waals surface area contributed by atoms with E-state index in [0.29, 0.717) is 0 Å². The van der Waals surface area contributed by atoms with Gasteiger partial charge in [-0.3, -0.25) is 0 Å². The Morgan fingerprint density at radius 2 is 0.333 bits per heavy atom. The maximum atomic E-state index is 8.33. The van der Waals surface area contributed by atoms with Gasteiger partial charge in [0, 0.05) is 0 Å². The molecule has 0 aromatic carbocycles. The molecule has 138 valence electrons. The molecule has 0 aromatic heterocycles. The molecule has 0 fully saturated rings. The minimum Gasteiger partial charge on any atom is -0.652 e. The maximum Gasteiger partial charge on any atom is 3.00 e. The van der Waals surface area contributed by atoms with Gasteiger partial charge in [-0.1, -0.05) is 0 Å². The predicted octanol–water partition coefficient (Wildman–Crippen LogP) is -13.0. The van der Waals surface area contributed by atoms with E-state index in [1.807, 2.05) is 0 Å². The Hall–Kier alpha value is -1.55. The van der Waals surface area contributed by atoms with Crippen molar-refractivity contribution in [3.8, 4) is 0 Å². The molecule has 24 heavy (non-hydrogen) atoms. The van der Waals surface area contributed by atoms with E-state index in [1.54, 1.807) is 0 Å². The van der Waals surface area contributed by atoms with Crippen LogP contribution in [0.4, 0.5) is 24.0 Å². The summed E-state index contributed by atoms with van der Waals surface area (Å²) in [6.45, 7) is 0. The number of rotatable bonds is 0. The Bertz CT molecular complexity index is 221. The third-order valence-electron chi connectivity index (χ3n) is 0. The van der Waals surface area contributed by atoms with Gasteiger partial charge < -0.3 is 75.0 Å². The van der Waals surface area contributed by atoms with Gasteiger partial charge in [0.1, 0.15) is 0 Å². The average Bonchev–Trinajstić information content (AvgIpc) is 1.94. The van der Waals surface area contributed by atoms with Gasteiger partial charge in [0.05, 0.1) is 0 Å². The van der Waals surface area contributed by atoms with Gasteiger partial charge in [-0.05, 0) is 30.8 Å². The number of hydrogen-bond acceptors (Lipinski definition) is 15. The van der Waals surface area contributed by atoms with E-state index < -0.39 is 30.8 Å². The molecule has 0 aliphatic rings. The third kappa shape index (κ3) is 3240. The van der Waals surface area contributed by atoms with E-state index in [2.05, 4.69) is 0 Å². The molecule has 0 bridgehead atoms. The number of hydrogen-bond donors (Lipinski definition) is 0. The van der Waals surface area contributed by atoms with Gasteiger partial charge in [-0.15, -0.1) is 0 Å². The maximum absolute atomic E-state index is 8.33. The van der Waals surface area contributed by atoms with Gasteiger partial charge in [0.2, 0.25) is 0 Å². The number of carbonyl (C=O) groups is 5. The van der Waals surface area contributed by atoms with Crippen molar-refractivity contribution in [1.82, 2.24) is 0 Å². The summed E-state index contributed by atoms with van der Waals surface area (Å²) in [7, 11) is 0. The normalized spacial score (nSPS) is 5.00. The fraction of sp³-hybridized carbons (Fsp3) is 0. The summed E-state index contributed by atoms with van der Waals surface area (Å²) >= 11 is 0.